The third-order valence-electron chi connectivity index (χ3n) is 4.48. The van der Waals surface area contributed by atoms with Crippen LogP contribution < -0.4 is 4.74 Å². The Balaban J connectivity index is 1.95. The Labute approximate surface area is 165 Å². The van der Waals surface area contributed by atoms with Gasteiger partial charge in [0, 0.05) is 22.1 Å². The monoisotopic (exact) mass is 422 g/mol. The van der Waals surface area contributed by atoms with Crippen molar-refractivity contribution in [2.75, 3.05) is 7.11 Å². The molecule has 27 heavy (non-hydrogen) atoms. The number of hydrogen-bond donors (Lipinski definition) is 0. The Kier molecular flexibility index (Phi) is 4.82. The first kappa shape index (κ1) is 17.6. The van der Waals surface area contributed by atoms with Gasteiger partial charge in [0.05, 0.1) is 7.11 Å². The lowest BCUT2D eigenvalue weighted by molar-refractivity contribution is 0.415. The Morgan fingerprint density at radius 1 is 0.963 bits per heavy atom. The minimum atomic E-state index is -0.264. The van der Waals surface area contributed by atoms with Gasteiger partial charge in [-0.15, -0.1) is 0 Å². The highest BCUT2D eigenvalue weighted by Gasteiger charge is 2.20. The number of methoxy groups -OCH3 is 1. The van der Waals surface area contributed by atoms with E-state index in [0.29, 0.717) is 0 Å². The Morgan fingerprint density at radius 3 is 2.33 bits per heavy atom. The maximum atomic E-state index is 13.4. The van der Waals surface area contributed by atoms with Crippen molar-refractivity contribution < 1.29 is 13.5 Å². The maximum absolute atomic E-state index is 13.4. The zero-order chi connectivity index (χ0) is 18.8. The van der Waals surface area contributed by atoms with Crippen LogP contribution in [-0.4, -0.2) is 7.11 Å². The first-order chi connectivity index (χ1) is 13.2. The van der Waals surface area contributed by atoms with Crippen molar-refractivity contribution in [3.63, 3.8) is 0 Å². The van der Waals surface area contributed by atoms with Gasteiger partial charge in [-0.2, -0.15) is 0 Å². The van der Waals surface area contributed by atoms with Crippen molar-refractivity contribution in [2.45, 2.75) is 0 Å². The predicted molar refractivity (Wildman–Crippen MR) is 111 cm³/mol. The molecule has 0 saturated heterocycles. The van der Waals surface area contributed by atoms with E-state index in [-0.39, 0.29) is 5.82 Å². The molecule has 1 heterocycles. The van der Waals surface area contributed by atoms with Crippen LogP contribution in [0.1, 0.15) is 11.1 Å². The third-order valence-corrected chi connectivity index (χ3v) is 4.94. The van der Waals surface area contributed by atoms with Gasteiger partial charge in [-0.1, -0.05) is 46.3 Å². The van der Waals surface area contributed by atoms with Gasteiger partial charge in [-0.25, -0.2) is 4.39 Å². The van der Waals surface area contributed by atoms with Gasteiger partial charge in [0.1, 0.15) is 22.9 Å². The van der Waals surface area contributed by atoms with Crippen molar-refractivity contribution in [3.05, 3.63) is 94.7 Å². The van der Waals surface area contributed by atoms with Gasteiger partial charge in [-0.3, -0.25) is 0 Å². The van der Waals surface area contributed by atoms with E-state index in [9.17, 15) is 4.39 Å². The van der Waals surface area contributed by atoms with Crippen molar-refractivity contribution in [1.82, 2.24) is 0 Å². The van der Waals surface area contributed by atoms with E-state index >= 15 is 0 Å². The van der Waals surface area contributed by atoms with Crippen LogP contribution in [0.4, 0.5) is 4.39 Å². The molecule has 0 amide bonds. The fourth-order valence-electron chi connectivity index (χ4n) is 3.15. The van der Waals surface area contributed by atoms with Gasteiger partial charge < -0.3 is 9.15 Å². The van der Waals surface area contributed by atoms with E-state index in [1.54, 1.807) is 19.2 Å². The van der Waals surface area contributed by atoms with Crippen LogP contribution in [0.15, 0.2) is 82.2 Å². The molecule has 0 bridgehead atoms. The van der Waals surface area contributed by atoms with Gasteiger partial charge >= 0.3 is 0 Å². The number of furan rings is 1. The second-order valence-electron chi connectivity index (χ2n) is 6.06. The molecule has 0 aliphatic rings. The topological polar surface area (TPSA) is 22.4 Å². The molecule has 0 atom stereocenters. The van der Waals surface area contributed by atoms with Gasteiger partial charge in [0.15, 0.2) is 0 Å². The van der Waals surface area contributed by atoms with Crippen molar-refractivity contribution in [3.8, 4) is 17.1 Å². The van der Waals surface area contributed by atoms with Crippen molar-refractivity contribution in [2.24, 2.45) is 0 Å². The molecular formula is C23H16BrFO2. The zero-order valence-corrected chi connectivity index (χ0v) is 16.2. The largest absolute Gasteiger partial charge is 0.497 e. The number of benzene rings is 3. The molecule has 0 aliphatic carbocycles. The lowest BCUT2D eigenvalue weighted by atomic mass is 9.94. The summed E-state index contributed by atoms with van der Waals surface area (Å²) in [5.74, 6) is 1.28. The smallest absolute Gasteiger partial charge is 0.143 e. The summed E-state index contributed by atoms with van der Waals surface area (Å²) < 4.78 is 24.9. The molecular weight excluding hydrogens is 407 g/mol. The molecule has 0 spiro atoms. The van der Waals surface area contributed by atoms with Crippen LogP contribution in [0.3, 0.4) is 0 Å². The lowest BCUT2D eigenvalue weighted by Gasteiger charge is -2.09. The Morgan fingerprint density at radius 2 is 1.67 bits per heavy atom. The molecule has 134 valence electrons. The van der Waals surface area contributed by atoms with E-state index in [4.69, 9.17) is 9.15 Å². The molecule has 0 N–H and O–H groups in total. The van der Waals surface area contributed by atoms with E-state index in [1.807, 2.05) is 53.5 Å². The summed E-state index contributed by atoms with van der Waals surface area (Å²) >= 11 is 3.49. The van der Waals surface area contributed by atoms with E-state index in [0.717, 1.165) is 44.7 Å². The SMILES string of the molecule is COc1ccc(-c2oc3ccccc3c2/C(=C\Br)c2ccc(F)cc2)cc1. The molecule has 4 rings (SSSR count). The lowest BCUT2D eigenvalue weighted by Crippen LogP contribution is -1.90. The van der Waals surface area contributed by atoms with Crippen LogP contribution in [-0.2, 0) is 0 Å². The van der Waals surface area contributed by atoms with E-state index in [2.05, 4.69) is 15.9 Å². The standard InChI is InChI=1S/C23H16BrFO2/c1-26-18-12-8-16(9-13-18)23-22(19-4-2-3-5-21(19)27-23)20(14-24)15-6-10-17(25)11-7-15/h2-14H,1H3/b20-14-. The van der Waals surface area contributed by atoms with Crippen LogP contribution in [0.25, 0.3) is 27.9 Å². The second kappa shape index (κ2) is 7.41. The molecule has 0 unspecified atom stereocenters. The first-order valence-electron chi connectivity index (χ1n) is 8.44. The zero-order valence-electron chi connectivity index (χ0n) is 14.6. The van der Waals surface area contributed by atoms with Crippen LogP contribution in [0.2, 0.25) is 0 Å². The van der Waals surface area contributed by atoms with Gasteiger partial charge in [-0.05, 0) is 53.0 Å². The van der Waals surface area contributed by atoms with Gasteiger partial charge in [0.25, 0.3) is 0 Å². The molecule has 0 radical (unpaired) electrons. The van der Waals surface area contributed by atoms with Crippen LogP contribution >= 0.6 is 15.9 Å². The number of ether oxygens (including phenoxy) is 1. The fraction of sp³-hybridized carbons (Fsp3) is 0.0435. The number of para-hydroxylation sites is 1. The summed E-state index contributed by atoms with van der Waals surface area (Å²) in [6.45, 7) is 0. The highest BCUT2D eigenvalue weighted by molar-refractivity contribution is 9.11. The van der Waals surface area contributed by atoms with Crippen LogP contribution in [0, 0.1) is 5.82 Å². The second-order valence-corrected chi connectivity index (χ2v) is 6.52. The van der Waals surface area contributed by atoms with Crippen molar-refractivity contribution >= 4 is 32.5 Å². The highest BCUT2D eigenvalue weighted by Crippen LogP contribution is 2.41. The molecule has 0 aliphatic heterocycles. The molecule has 3 aromatic carbocycles. The quantitative estimate of drug-likeness (QED) is 0.352. The van der Waals surface area contributed by atoms with Crippen molar-refractivity contribution in [1.29, 1.82) is 0 Å². The van der Waals surface area contributed by atoms with E-state index < -0.39 is 0 Å². The predicted octanol–water partition coefficient (Wildman–Crippen LogP) is 7.03. The number of hydrogen-bond acceptors (Lipinski definition) is 2. The average Bonchev–Trinajstić information content (AvgIpc) is 3.09. The summed E-state index contributed by atoms with van der Waals surface area (Å²) in [5.41, 5.74) is 4.52. The maximum Gasteiger partial charge on any atom is 0.143 e. The average molecular weight is 423 g/mol. The molecule has 0 saturated carbocycles. The number of rotatable bonds is 4. The summed E-state index contributed by atoms with van der Waals surface area (Å²) in [4.78, 5) is 1.85. The van der Waals surface area contributed by atoms with Gasteiger partial charge in [0.2, 0.25) is 0 Å². The minimum absolute atomic E-state index is 0.264. The minimum Gasteiger partial charge on any atom is -0.497 e. The molecule has 1 aromatic heterocycles. The highest BCUT2D eigenvalue weighted by atomic mass is 79.9. The Hall–Kier alpha value is -2.85. The van der Waals surface area contributed by atoms with E-state index in [1.165, 1.54) is 12.1 Å². The normalized spacial score (nSPS) is 11.7. The molecule has 4 aromatic rings. The summed E-state index contributed by atoms with van der Waals surface area (Å²) in [6, 6.07) is 22.1. The summed E-state index contributed by atoms with van der Waals surface area (Å²) in [6.07, 6.45) is 0. The first-order valence-corrected chi connectivity index (χ1v) is 9.35. The summed E-state index contributed by atoms with van der Waals surface area (Å²) in [5, 5.41) is 0.998. The van der Waals surface area contributed by atoms with Crippen LogP contribution in [0.5, 0.6) is 5.75 Å². The number of halogens is 2. The fourth-order valence-corrected chi connectivity index (χ4v) is 3.64. The molecule has 0 fully saturated rings. The molecule has 2 nitrogen and oxygen atoms in total. The number of fused-ring (bicyclic) bond motifs is 1. The third kappa shape index (κ3) is 3.28. The Bertz CT molecular complexity index is 1110. The molecule has 4 heteroatoms. The summed E-state index contributed by atoms with van der Waals surface area (Å²) in [7, 11) is 1.64.